The fourth-order valence-corrected chi connectivity index (χ4v) is 4.30. The highest BCUT2D eigenvalue weighted by molar-refractivity contribution is 7.91. The predicted molar refractivity (Wildman–Crippen MR) is 69.5 cm³/mol. The molecule has 0 spiro atoms. The van der Waals surface area contributed by atoms with Gasteiger partial charge in [-0.3, -0.25) is 9.48 Å². The summed E-state index contributed by atoms with van der Waals surface area (Å²) < 4.78 is 25.7. The number of aromatic nitrogens is 2. The van der Waals surface area contributed by atoms with Crippen molar-refractivity contribution in [1.82, 2.24) is 9.78 Å². The average Bonchev–Trinajstić information content (AvgIpc) is 2.86. The van der Waals surface area contributed by atoms with E-state index in [1.165, 1.54) is 0 Å². The van der Waals surface area contributed by atoms with Crippen molar-refractivity contribution in [2.45, 2.75) is 25.7 Å². The Morgan fingerprint density at radius 3 is 2.68 bits per heavy atom. The van der Waals surface area contributed by atoms with E-state index in [-0.39, 0.29) is 17.9 Å². The number of carboxylic acid groups (broad SMARTS) is 1. The highest BCUT2D eigenvalue weighted by atomic mass is 32.2. The van der Waals surface area contributed by atoms with Crippen LogP contribution in [0.3, 0.4) is 0 Å². The molecule has 1 aliphatic rings. The minimum atomic E-state index is -3.21. The molecule has 1 aromatic heterocycles. The molecule has 1 heterocycles. The van der Waals surface area contributed by atoms with Crippen molar-refractivity contribution in [3.63, 3.8) is 0 Å². The molecule has 0 bridgehead atoms. The summed E-state index contributed by atoms with van der Waals surface area (Å²) in [7, 11) is -1.43. The van der Waals surface area contributed by atoms with E-state index in [0.717, 1.165) is 5.56 Å². The van der Waals surface area contributed by atoms with E-state index >= 15 is 0 Å². The van der Waals surface area contributed by atoms with E-state index in [4.69, 9.17) is 5.11 Å². The van der Waals surface area contributed by atoms with Gasteiger partial charge in [-0.1, -0.05) is 0 Å². The number of nitrogens with zero attached hydrogens (tertiary/aromatic N) is 2. The van der Waals surface area contributed by atoms with Crippen molar-refractivity contribution in [1.29, 1.82) is 0 Å². The molecule has 0 atom stereocenters. The van der Waals surface area contributed by atoms with Crippen LogP contribution in [-0.2, 0) is 28.1 Å². The minimum Gasteiger partial charge on any atom is -0.481 e. The van der Waals surface area contributed by atoms with Crippen LogP contribution in [0.25, 0.3) is 0 Å². The smallest absolute Gasteiger partial charge is 0.303 e. The van der Waals surface area contributed by atoms with Crippen LogP contribution in [-0.4, -0.2) is 40.8 Å². The van der Waals surface area contributed by atoms with E-state index in [0.29, 0.717) is 19.3 Å². The van der Waals surface area contributed by atoms with Gasteiger partial charge in [-0.05, 0) is 30.2 Å². The lowest BCUT2D eigenvalue weighted by molar-refractivity contribution is -0.138. The van der Waals surface area contributed by atoms with Crippen LogP contribution < -0.4 is 0 Å². The summed E-state index contributed by atoms with van der Waals surface area (Å²) in [5.41, 5.74) is 0.383. The van der Waals surface area contributed by atoms with Gasteiger partial charge in [0.05, 0.1) is 24.1 Å². The minimum absolute atomic E-state index is 0.00738. The first-order chi connectivity index (χ1) is 8.80. The van der Waals surface area contributed by atoms with Crippen molar-refractivity contribution in [3.8, 4) is 0 Å². The maximum absolute atomic E-state index is 12.0. The van der Waals surface area contributed by atoms with Gasteiger partial charge < -0.3 is 5.11 Å². The lowest BCUT2D eigenvalue weighted by Gasteiger charge is -2.12. The molecule has 6 nitrogen and oxygen atoms in total. The molecule has 1 aromatic rings. The van der Waals surface area contributed by atoms with Crippen molar-refractivity contribution in [3.05, 3.63) is 18.0 Å². The van der Waals surface area contributed by atoms with Gasteiger partial charge in [0.15, 0.2) is 9.84 Å². The van der Waals surface area contributed by atoms with Crippen LogP contribution >= 0.6 is 0 Å². The van der Waals surface area contributed by atoms with Crippen LogP contribution in [0.15, 0.2) is 12.4 Å². The van der Waals surface area contributed by atoms with Crippen LogP contribution in [0, 0.1) is 5.41 Å². The number of hydrogen-bond acceptors (Lipinski definition) is 4. The Morgan fingerprint density at radius 2 is 2.21 bits per heavy atom. The lowest BCUT2D eigenvalue weighted by Crippen LogP contribution is -2.23. The Bertz CT molecular complexity index is 572. The number of aliphatic carboxylic acids is 1. The number of hydrogen-bond donors (Lipinski definition) is 1. The van der Waals surface area contributed by atoms with Crippen LogP contribution in [0.4, 0.5) is 0 Å². The van der Waals surface area contributed by atoms with Gasteiger partial charge in [-0.2, -0.15) is 5.10 Å². The van der Waals surface area contributed by atoms with Crippen LogP contribution in [0.2, 0.25) is 0 Å². The third-order valence-corrected chi connectivity index (χ3v) is 5.35. The second-order valence-electron chi connectivity index (χ2n) is 5.43. The van der Waals surface area contributed by atoms with E-state index in [9.17, 15) is 13.2 Å². The van der Waals surface area contributed by atoms with E-state index < -0.39 is 21.2 Å². The Kier molecular flexibility index (Phi) is 3.66. The average molecular weight is 286 g/mol. The molecule has 1 saturated carbocycles. The van der Waals surface area contributed by atoms with Crippen molar-refractivity contribution in [2.24, 2.45) is 12.5 Å². The number of sulfone groups is 1. The standard InChI is InChI=1S/C12H18N2O4S/c1-14-8-10(7-13-14)2-5-19(17,18)9-12(3-4-12)6-11(15)16/h7-8H,2-6,9H2,1H3,(H,15,16). The predicted octanol–water partition coefficient (Wildman–Crippen LogP) is 0.632. The van der Waals surface area contributed by atoms with Crippen molar-refractivity contribution < 1.29 is 18.3 Å². The molecule has 7 heteroatoms. The molecule has 1 N–H and O–H groups in total. The highest BCUT2D eigenvalue weighted by Crippen LogP contribution is 2.49. The van der Waals surface area contributed by atoms with E-state index in [1.807, 2.05) is 0 Å². The van der Waals surface area contributed by atoms with Crippen molar-refractivity contribution in [2.75, 3.05) is 11.5 Å². The van der Waals surface area contributed by atoms with Crippen LogP contribution in [0.5, 0.6) is 0 Å². The maximum Gasteiger partial charge on any atom is 0.303 e. The summed E-state index contributed by atoms with van der Waals surface area (Å²) in [4.78, 5) is 10.7. The molecule has 1 fully saturated rings. The number of rotatable bonds is 7. The number of aryl methyl sites for hydroxylation is 2. The Morgan fingerprint density at radius 1 is 1.53 bits per heavy atom. The monoisotopic (exact) mass is 286 g/mol. The molecular formula is C12H18N2O4S. The second kappa shape index (κ2) is 4.96. The molecule has 0 aromatic carbocycles. The third kappa shape index (κ3) is 4.05. The molecule has 1 aliphatic carbocycles. The second-order valence-corrected chi connectivity index (χ2v) is 7.62. The third-order valence-electron chi connectivity index (χ3n) is 3.47. The fraction of sp³-hybridized carbons (Fsp3) is 0.667. The van der Waals surface area contributed by atoms with E-state index in [1.54, 1.807) is 24.1 Å². The Hall–Kier alpha value is -1.37. The largest absolute Gasteiger partial charge is 0.481 e. The molecule has 0 saturated heterocycles. The first kappa shape index (κ1) is 14.0. The summed E-state index contributed by atoms with van der Waals surface area (Å²) in [6, 6.07) is 0. The van der Waals surface area contributed by atoms with Gasteiger partial charge in [-0.15, -0.1) is 0 Å². The molecule has 0 amide bonds. The summed E-state index contributed by atoms with van der Waals surface area (Å²) in [5, 5.41) is 12.8. The number of carboxylic acids is 1. The molecule has 106 valence electrons. The van der Waals surface area contributed by atoms with Gasteiger partial charge in [-0.25, -0.2) is 8.42 Å². The van der Waals surface area contributed by atoms with Gasteiger partial charge in [0, 0.05) is 13.2 Å². The Labute approximate surface area is 112 Å². The van der Waals surface area contributed by atoms with Gasteiger partial charge in [0.2, 0.25) is 0 Å². The first-order valence-corrected chi connectivity index (χ1v) is 8.02. The quantitative estimate of drug-likeness (QED) is 0.794. The topological polar surface area (TPSA) is 89.3 Å². The SMILES string of the molecule is Cn1cc(CCS(=O)(=O)CC2(CC(=O)O)CC2)cn1. The maximum atomic E-state index is 12.0. The summed E-state index contributed by atoms with van der Waals surface area (Å²) in [6.07, 6.45) is 5.23. The van der Waals surface area contributed by atoms with Gasteiger partial charge in [0.1, 0.15) is 0 Å². The molecule has 0 aliphatic heterocycles. The zero-order chi connectivity index (χ0) is 14.1. The first-order valence-electron chi connectivity index (χ1n) is 6.20. The van der Waals surface area contributed by atoms with Crippen molar-refractivity contribution >= 4 is 15.8 Å². The Balaban J connectivity index is 1.90. The zero-order valence-corrected chi connectivity index (χ0v) is 11.7. The van der Waals surface area contributed by atoms with Gasteiger partial charge >= 0.3 is 5.97 Å². The summed E-state index contributed by atoms with van der Waals surface area (Å²) in [5.74, 6) is -0.868. The van der Waals surface area contributed by atoms with Gasteiger partial charge in [0.25, 0.3) is 0 Å². The normalized spacial score (nSPS) is 17.3. The van der Waals surface area contributed by atoms with Crippen LogP contribution in [0.1, 0.15) is 24.8 Å². The summed E-state index contributed by atoms with van der Waals surface area (Å²) in [6.45, 7) is 0. The summed E-state index contributed by atoms with van der Waals surface area (Å²) >= 11 is 0. The van der Waals surface area contributed by atoms with E-state index in [2.05, 4.69) is 5.10 Å². The number of carbonyl (C=O) groups is 1. The molecule has 19 heavy (non-hydrogen) atoms. The molecule has 2 rings (SSSR count). The molecule has 0 radical (unpaired) electrons. The fourth-order valence-electron chi connectivity index (χ4n) is 2.28. The highest BCUT2D eigenvalue weighted by Gasteiger charge is 2.47. The lowest BCUT2D eigenvalue weighted by atomic mass is 10.1. The zero-order valence-electron chi connectivity index (χ0n) is 10.9. The molecule has 0 unspecified atom stereocenters. The molecular weight excluding hydrogens is 268 g/mol.